The van der Waals surface area contributed by atoms with Crippen molar-refractivity contribution in [2.45, 2.75) is 0 Å². The van der Waals surface area contributed by atoms with Crippen molar-refractivity contribution in [2.24, 2.45) is 0 Å². The molecule has 0 fully saturated rings. The molecule has 6 nitrogen and oxygen atoms in total. The normalized spacial score (nSPS) is 11.3. The summed E-state index contributed by atoms with van der Waals surface area (Å²) in [6.45, 7) is 0. The zero-order valence-corrected chi connectivity index (χ0v) is 15.3. The standard InChI is InChI=1S/C19H17ClN2O4/c1-23-14-7-4-12(5-8-14)10-15(20)19-21-18(22-26-19)13-6-9-16(24-2)17(11-13)25-3/h4-11H,1-3H3/b15-10-. The molecule has 0 unspecified atom stereocenters. The number of benzene rings is 2. The highest BCUT2D eigenvalue weighted by Crippen LogP contribution is 2.32. The first kappa shape index (κ1) is 17.8. The van der Waals surface area contributed by atoms with Crippen molar-refractivity contribution in [3.05, 3.63) is 53.9 Å². The van der Waals surface area contributed by atoms with Crippen LogP contribution in [0.15, 0.2) is 47.0 Å². The molecule has 0 amide bonds. The molecule has 7 heteroatoms. The smallest absolute Gasteiger partial charge is 0.269 e. The molecule has 1 heterocycles. The summed E-state index contributed by atoms with van der Waals surface area (Å²) >= 11 is 6.31. The van der Waals surface area contributed by atoms with E-state index in [0.717, 1.165) is 16.9 Å². The Morgan fingerprint density at radius 3 is 2.35 bits per heavy atom. The van der Waals surface area contributed by atoms with Crippen LogP contribution in [0.25, 0.3) is 22.5 Å². The number of aromatic nitrogens is 2. The first-order valence-electron chi connectivity index (χ1n) is 7.72. The number of halogens is 1. The maximum Gasteiger partial charge on any atom is 0.269 e. The Hall–Kier alpha value is -2.99. The molecule has 0 bridgehead atoms. The predicted molar refractivity (Wildman–Crippen MR) is 99.6 cm³/mol. The van der Waals surface area contributed by atoms with Gasteiger partial charge in [0, 0.05) is 5.56 Å². The zero-order valence-electron chi connectivity index (χ0n) is 14.5. The van der Waals surface area contributed by atoms with Crippen LogP contribution in [-0.2, 0) is 0 Å². The number of hydrogen-bond donors (Lipinski definition) is 0. The molecule has 0 N–H and O–H groups in total. The Morgan fingerprint density at radius 1 is 0.962 bits per heavy atom. The van der Waals surface area contributed by atoms with Crippen molar-refractivity contribution in [1.82, 2.24) is 10.1 Å². The van der Waals surface area contributed by atoms with Gasteiger partial charge >= 0.3 is 0 Å². The van der Waals surface area contributed by atoms with Crippen molar-refractivity contribution < 1.29 is 18.7 Å². The SMILES string of the molecule is COc1ccc(/C=C(\Cl)c2nc(-c3ccc(OC)c(OC)c3)no2)cc1. The molecule has 3 aromatic rings. The molecule has 0 radical (unpaired) electrons. The van der Waals surface area contributed by atoms with E-state index in [1.165, 1.54) is 0 Å². The van der Waals surface area contributed by atoms with Gasteiger partial charge in [-0.3, -0.25) is 0 Å². The van der Waals surface area contributed by atoms with Crippen LogP contribution in [-0.4, -0.2) is 31.5 Å². The number of hydrogen-bond acceptors (Lipinski definition) is 6. The third-order valence-electron chi connectivity index (χ3n) is 3.68. The van der Waals surface area contributed by atoms with Crippen molar-refractivity contribution >= 4 is 22.7 Å². The molecule has 0 atom stereocenters. The third kappa shape index (κ3) is 3.81. The molecule has 1 aromatic heterocycles. The van der Waals surface area contributed by atoms with E-state index in [0.29, 0.717) is 22.4 Å². The van der Waals surface area contributed by atoms with Crippen LogP contribution in [0.3, 0.4) is 0 Å². The molecule has 26 heavy (non-hydrogen) atoms. The molecule has 0 spiro atoms. The van der Waals surface area contributed by atoms with Crippen LogP contribution in [0.4, 0.5) is 0 Å². The molecule has 0 saturated heterocycles. The molecule has 2 aromatic carbocycles. The van der Waals surface area contributed by atoms with Gasteiger partial charge in [0.1, 0.15) is 10.8 Å². The van der Waals surface area contributed by atoms with Crippen LogP contribution in [0.5, 0.6) is 17.2 Å². The average molecular weight is 373 g/mol. The second-order valence-electron chi connectivity index (χ2n) is 5.26. The lowest BCUT2D eigenvalue weighted by Gasteiger charge is -2.07. The van der Waals surface area contributed by atoms with Gasteiger partial charge < -0.3 is 18.7 Å². The summed E-state index contributed by atoms with van der Waals surface area (Å²) in [5.41, 5.74) is 1.62. The van der Waals surface area contributed by atoms with Gasteiger partial charge in [0.15, 0.2) is 11.5 Å². The molecular weight excluding hydrogens is 356 g/mol. The van der Waals surface area contributed by atoms with Gasteiger partial charge in [-0.05, 0) is 42.0 Å². The van der Waals surface area contributed by atoms with Gasteiger partial charge in [-0.15, -0.1) is 0 Å². The van der Waals surface area contributed by atoms with Gasteiger partial charge in [-0.1, -0.05) is 28.9 Å². The van der Waals surface area contributed by atoms with Gasteiger partial charge in [0.2, 0.25) is 5.82 Å². The van der Waals surface area contributed by atoms with Crippen LogP contribution in [0.1, 0.15) is 11.5 Å². The summed E-state index contributed by atoms with van der Waals surface area (Å²) in [6, 6.07) is 12.8. The highest BCUT2D eigenvalue weighted by molar-refractivity contribution is 6.50. The molecule has 0 saturated carbocycles. The fourth-order valence-corrected chi connectivity index (χ4v) is 2.52. The Labute approximate surface area is 156 Å². The minimum absolute atomic E-state index is 0.229. The quantitative estimate of drug-likeness (QED) is 0.634. The van der Waals surface area contributed by atoms with E-state index in [2.05, 4.69) is 10.1 Å². The third-order valence-corrected chi connectivity index (χ3v) is 3.95. The molecule has 134 valence electrons. The minimum atomic E-state index is 0.229. The Kier molecular flexibility index (Phi) is 5.43. The van der Waals surface area contributed by atoms with E-state index in [9.17, 15) is 0 Å². The van der Waals surface area contributed by atoms with E-state index in [1.54, 1.807) is 39.5 Å². The maximum absolute atomic E-state index is 6.31. The fourth-order valence-electron chi connectivity index (χ4n) is 2.32. The summed E-state index contributed by atoms with van der Waals surface area (Å²) in [5, 5.41) is 4.32. The monoisotopic (exact) mass is 372 g/mol. The lowest BCUT2D eigenvalue weighted by molar-refractivity contribution is 0.355. The molecule has 3 rings (SSSR count). The van der Waals surface area contributed by atoms with Gasteiger partial charge in [0.05, 0.1) is 21.3 Å². The fraction of sp³-hybridized carbons (Fsp3) is 0.158. The van der Waals surface area contributed by atoms with Gasteiger partial charge in [-0.25, -0.2) is 0 Å². The number of rotatable bonds is 6. The first-order valence-corrected chi connectivity index (χ1v) is 8.10. The number of nitrogens with zero attached hydrogens (tertiary/aromatic N) is 2. The lowest BCUT2D eigenvalue weighted by atomic mass is 10.2. The van der Waals surface area contributed by atoms with E-state index in [-0.39, 0.29) is 5.89 Å². The Balaban J connectivity index is 1.85. The first-order chi connectivity index (χ1) is 12.6. The van der Waals surface area contributed by atoms with E-state index >= 15 is 0 Å². The average Bonchev–Trinajstić information content (AvgIpc) is 3.18. The Morgan fingerprint density at radius 2 is 1.69 bits per heavy atom. The summed E-state index contributed by atoms with van der Waals surface area (Å²) < 4.78 is 20.9. The van der Waals surface area contributed by atoms with E-state index < -0.39 is 0 Å². The maximum atomic E-state index is 6.31. The van der Waals surface area contributed by atoms with Crippen LogP contribution in [0, 0.1) is 0 Å². The minimum Gasteiger partial charge on any atom is -0.497 e. The van der Waals surface area contributed by atoms with Crippen LogP contribution >= 0.6 is 11.6 Å². The van der Waals surface area contributed by atoms with Gasteiger partial charge in [-0.2, -0.15) is 4.98 Å². The molecule has 0 aliphatic carbocycles. The summed E-state index contributed by atoms with van der Waals surface area (Å²) in [7, 11) is 4.76. The molecule has 0 aliphatic heterocycles. The highest BCUT2D eigenvalue weighted by Gasteiger charge is 2.14. The van der Waals surface area contributed by atoms with Crippen LogP contribution < -0.4 is 14.2 Å². The van der Waals surface area contributed by atoms with Crippen molar-refractivity contribution in [3.8, 4) is 28.6 Å². The van der Waals surface area contributed by atoms with Crippen LogP contribution in [0.2, 0.25) is 0 Å². The highest BCUT2D eigenvalue weighted by atomic mass is 35.5. The van der Waals surface area contributed by atoms with Crippen molar-refractivity contribution in [3.63, 3.8) is 0 Å². The van der Waals surface area contributed by atoms with Crippen molar-refractivity contribution in [1.29, 1.82) is 0 Å². The molecular formula is C19H17ClN2O4. The van der Waals surface area contributed by atoms with E-state index in [1.807, 2.05) is 30.3 Å². The Bertz CT molecular complexity index is 920. The summed E-state index contributed by atoms with van der Waals surface area (Å²) in [6.07, 6.45) is 1.74. The number of methoxy groups -OCH3 is 3. The number of ether oxygens (including phenoxy) is 3. The second kappa shape index (κ2) is 7.93. The second-order valence-corrected chi connectivity index (χ2v) is 5.67. The lowest BCUT2D eigenvalue weighted by Crippen LogP contribution is -1.91. The predicted octanol–water partition coefficient (Wildman–Crippen LogP) is 4.50. The summed E-state index contributed by atoms with van der Waals surface area (Å²) in [5.74, 6) is 2.61. The summed E-state index contributed by atoms with van der Waals surface area (Å²) in [4.78, 5) is 4.34. The largest absolute Gasteiger partial charge is 0.497 e. The van der Waals surface area contributed by atoms with E-state index in [4.69, 9.17) is 30.3 Å². The topological polar surface area (TPSA) is 66.6 Å². The van der Waals surface area contributed by atoms with Crippen molar-refractivity contribution in [2.75, 3.05) is 21.3 Å². The zero-order chi connectivity index (χ0) is 18.5. The van der Waals surface area contributed by atoms with Gasteiger partial charge in [0.25, 0.3) is 5.89 Å². The molecule has 0 aliphatic rings.